The number of nitrogens with zero attached hydrogens (tertiary/aromatic N) is 1. The molecule has 1 aliphatic heterocycles. The second kappa shape index (κ2) is 7.11. The summed E-state index contributed by atoms with van der Waals surface area (Å²) < 4.78 is 11.3. The summed E-state index contributed by atoms with van der Waals surface area (Å²) in [5, 5.41) is 2.63. The second-order valence-electron chi connectivity index (χ2n) is 4.53. The van der Waals surface area contributed by atoms with Gasteiger partial charge in [-0.15, -0.1) is 0 Å². The lowest BCUT2D eigenvalue weighted by molar-refractivity contribution is -0.124. The second-order valence-corrected chi connectivity index (χ2v) is 4.53. The molecule has 5 nitrogen and oxygen atoms in total. The maximum atomic E-state index is 11.3. The largest absolute Gasteiger partial charge is 0.491 e. The zero-order valence-electron chi connectivity index (χ0n) is 11.2. The Morgan fingerprint density at radius 2 is 2.26 bits per heavy atom. The number of hydrogen-bond acceptors (Lipinski definition) is 4. The summed E-state index contributed by atoms with van der Waals surface area (Å²) in [7, 11) is 1.65. The first kappa shape index (κ1) is 13.8. The first-order valence-corrected chi connectivity index (χ1v) is 6.50. The molecular formula is C14H20N2O3. The van der Waals surface area contributed by atoms with Crippen molar-refractivity contribution in [3.63, 3.8) is 0 Å². The average Bonchev–Trinajstić information content (AvgIpc) is 2.46. The fourth-order valence-electron chi connectivity index (χ4n) is 2.01. The maximum absolute atomic E-state index is 11.3. The van der Waals surface area contributed by atoms with E-state index in [9.17, 15) is 4.79 Å². The van der Waals surface area contributed by atoms with Crippen molar-refractivity contribution in [1.29, 1.82) is 0 Å². The molecule has 0 spiro atoms. The topological polar surface area (TPSA) is 50.8 Å². The molecule has 0 bridgehead atoms. The van der Waals surface area contributed by atoms with Crippen LogP contribution in [0.2, 0.25) is 0 Å². The van der Waals surface area contributed by atoms with E-state index in [1.165, 1.54) is 0 Å². The molecular weight excluding hydrogens is 244 g/mol. The van der Waals surface area contributed by atoms with Crippen LogP contribution in [0.1, 0.15) is 0 Å². The number of para-hydroxylation sites is 1. The van der Waals surface area contributed by atoms with Crippen LogP contribution in [0.15, 0.2) is 30.3 Å². The van der Waals surface area contributed by atoms with Crippen LogP contribution < -0.4 is 10.1 Å². The molecule has 1 atom stereocenters. The molecule has 104 valence electrons. The van der Waals surface area contributed by atoms with Crippen molar-refractivity contribution < 1.29 is 14.3 Å². The molecule has 1 heterocycles. The molecule has 2 rings (SSSR count). The van der Waals surface area contributed by atoms with Gasteiger partial charge >= 0.3 is 0 Å². The zero-order valence-corrected chi connectivity index (χ0v) is 11.2. The van der Waals surface area contributed by atoms with Gasteiger partial charge in [-0.25, -0.2) is 0 Å². The first-order valence-electron chi connectivity index (χ1n) is 6.50. The van der Waals surface area contributed by atoms with Crippen LogP contribution in [0.25, 0.3) is 0 Å². The summed E-state index contributed by atoms with van der Waals surface area (Å²) in [6, 6.07) is 9.68. The number of carbonyl (C=O) groups excluding carboxylic acids is 1. The minimum absolute atomic E-state index is 0.0126. The molecule has 1 aromatic rings. The number of benzene rings is 1. The van der Waals surface area contributed by atoms with Crippen molar-refractivity contribution in [1.82, 2.24) is 10.2 Å². The summed E-state index contributed by atoms with van der Waals surface area (Å²) in [5.41, 5.74) is 0. The molecule has 1 N–H and O–H groups in total. The molecule has 19 heavy (non-hydrogen) atoms. The Labute approximate surface area is 113 Å². The fourth-order valence-corrected chi connectivity index (χ4v) is 2.01. The van der Waals surface area contributed by atoms with E-state index in [1.54, 1.807) is 7.05 Å². The van der Waals surface area contributed by atoms with Crippen LogP contribution in [0.3, 0.4) is 0 Å². The van der Waals surface area contributed by atoms with Gasteiger partial charge in [0, 0.05) is 20.1 Å². The molecule has 1 unspecified atom stereocenters. The van der Waals surface area contributed by atoms with Gasteiger partial charge in [-0.1, -0.05) is 18.2 Å². The molecule has 0 aliphatic carbocycles. The van der Waals surface area contributed by atoms with Gasteiger partial charge in [-0.2, -0.15) is 0 Å². The van der Waals surface area contributed by atoms with E-state index in [-0.39, 0.29) is 12.0 Å². The Hall–Kier alpha value is -1.59. The van der Waals surface area contributed by atoms with Gasteiger partial charge in [0.2, 0.25) is 5.91 Å². The number of nitrogens with one attached hydrogen (secondary N) is 1. The zero-order chi connectivity index (χ0) is 13.5. The van der Waals surface area contributed by atoms with Gasteiger partial charge in [0.25, 0.3) is 0 Å². The third-order valence-electron chi connectivity index (χ3n) is 3.05. The van der Waals surface area contributed by atoms with Gasteiger partial charge in [-0.3, -0.25) is 9.69 Å². The lowest BCUT2D eigenvalue weighted by Gasteiger charge is -2.32. The van der Waals surface area contributed by atoms with E-state index in [1.807, 2.05) is 30.3 Å². The molecule has 5 heteroatoms. The Balaban J connectivity index is 1.76. The molecule has 1 fully saturated rings. The Bertz CT molecular complexity index is 397. The lowest BCUT2D eigenvalue weighted by Crippen LogP contribution is -2.48. The van der Waals surface area contributed by atoms with Crippen LogP contribution in [-0.4, -0.2) is 56.8 Å². The first-order chi connectivity index (χ1) is 9.28. The summed E-state index contributed by atoms with van der Waals surface area (Å²) in [4.78, 5) is 13.4. The highest BCUT2D eigenvalue weighted by Crippen LogP contribution is 2.11. The molecule has 1 amide bonds. The molecule has 0 aromatic heterocycles. The Morgan fingerprint density at radius 3 is 3.00 bits per heavy atom. The number of rotatable bonds is 5. The van der Waals surface area contributed by atoms with E-state index in [0.29, 0.717) is 19.8 Å². The van der Waals surface area contributed by atoms with Gasteiger partial charge < -0.3 is 14.8 Å². The number of likely N-dealkylation sites (N-methyl/N-ethyl adjacent to an activating group) is 1. The minimum atomic E-state index is 0.0126. The van der Waals surface area contributed by atoms with Crippen molar-refractivity contribution in [2.75, 3.05) is 39.9 Å². The highest BCUT2D eigenvalue weighted by Gasteiger charge is 2.22. The van der Waals surface area contributed by atoms with E-state index in [4.69, 9.17) is 9.47 Å². The van der Waals surface area contributed by atoms with Crippen molar-refractivity contribution in [2.45, 2.75) is 6.10 Å². The molecule has 1 aromatic carbocycles. The Kier molecular flexibility index (Phi) is 5.18. The van der Waals surface area contributed by atoms with Gasteiger partial charge in [0.05, 0.1) is 13.2 Å². The molecule has 0 radical (unpaired) electrons. The van der Waals surface area contributed by atoms with E-state index >= 15 is 0 Å². The summed E-state index contributed by atoms with van der Waals surface area (Å²) >= 11 is 0. The van der Waals surface area contributed by atoms with Crippen molar-refractivity contribution in [2.24, 2.45) is 0 Å². The van der Waals surface area contributed by atoms with Crippen molar-refractivity contribution in [3.8, 4) is 5.75 Å². The summed E-state index contributed by atoms with van der Waals surface area (Å²) in [6.07, 6.45) is 0.0126. The SMILES string of the molecule is CNC(=O)CN1CCOC(COc2ccccc2)C1. The van der Waals surface area contributed by atoms with Crippen LogP contribution in [-0.2, 0) is 9.53 Å². The van der Waals surface area contributed by atoms with Gasteiger partial charge in [0.1, 0.15) is 18.5 Å². The smallest absolute Gasteiger partial charge is 0.233 e. The molecule has 1 aliphatic rings. The Morgan fingerprint density at radius 1 is 1.47 bits per heavy atom. The molecule has 1 saturated heterocycles. The van der Waals surface area contributed by atoms with Crippen LogP contribution in [0.4, 0.5) is 0 Å². The average molecular weight is 264 g/mol. The fraction of sp³-hybridized carbons (Fsp3) is 0.500. The number of ether oxygens (including phenoxy) is 2. The number of carbonyl (C=O) groups is 1. The predicted molar refractivity (Wildman–Crippen MR) is 72.2 cm³/mol. The predicted octanol–water partition coefficient (Wildman–Crippen LogP) is 0.512. The number of morpholine rings is 1. The lowest BCUT2D eigenvalue weighted by atomic mass is 10.2. The summed E-state index contributed by atoms with van der Waals surface area (Å²) in [6.45, 7) is 3.07. The van der Waals surface area contributed by atoms with Crippen molar-refractivity contribution in [3.05, 3.63) is 30.3 Å². The normalized spacial score (nSPS) is 19.9. The highest BCUT2D eigenvalue weighted by molar-refractivity contribution is 5.77. The van der Waals surface area contributed by atoms with Gasteiger partial charge in [-0.05, 0) is 12.1 Å². The third kappa shape index (κ3) is 4.54. The van der Waals surface area contributed by atoms with Crippen LogP contribution in [0.5, 0.6) is 5.75 Å². The van der Waals surface area contributed by atoms with E-state index in [2.05, 4.69) is 10.2 Å². The number of amides is 1. The van der Waals surface area contributed by atoms with E-state index in [0.717, 1.165) is 18.8 Å². The van der Waals surface area contributed by atoms with E-state index < -0.39 is 0 Å². The van der Waals surface area contributed by atoms with Gasteiger partial charge in [0.15, 0.2) is 0 Å². The maximum Gasteiger partial charge on any atom is 0.233 e. The number of hydrogen-bond donors (Lipinski definition) is 1. The quantitative estimate of drug-likeness (QED) is 0.842. The minimum Gasteiger partial charge on any atom is -0.491 e. The third-order valence-corrected chi connectivity index (χ3v) is 3.05. The summed E-state index contributed by atoms with van der Waals surface area (Å²) in [5.74, 6) is 0.874. The van der Waals surface area contributed by atoms with Crippen LogP contribution in [0, 0.1) is 0 Å². The van der Waals surface area contributed by atoms with Crippen LogP contribution >= 0.6 is 0 Å². The van der Waals surface area contributed by atoms with Crippen molar-refractivity contribution >= 4 is 5.91 Å². The molecule has 0 saturated carbocycles. The standard InChI is InChI=1S/C14H20N2O3/c1-15-14(17)10-16-7-8-18-13(9-16)11-19-12-5-3-2-4-6-12/h2-6,13H,7-11H2,1H3,(H,15,17). The highest BCUT2D eigenvalue weighted by atomic mass is 16.5. The monoisotopic (exact) mass is 264 g/mol.